The lowest BCUT2D eigenvalue weighted by Gasteiger charge is -2.12. The minimum Gasteiger partial charge on any atom is -0.299 e. The van der Waals surface area contributed by atoms with Crippen LogP contribution < -0.4 is 0 Å². The Labute approximate surface area is 95.2 Å². The zero-order valence-electron chi connectivity index (χ0n) is 9.59. The number of carbonyl (C=O) groups excluding carboxylic acids is 2. The third-order valence-electron chi connectivity index (χ3n) is 2.76. The van der Waals surface area contributed by atoms with Gasteiger partial charge in [0.05, 0.1) is 12.8 Å². The molecule has 1 saturated heterocycles. The Morgan fingerprint density at radius 3 is 2.53 bits per heavy atom. The Bertz CT molecular complexity index is 216. The monoisotopic (exact) mass is 229 g/mol. The smallest absolute Gasteiger partial charge is 0.181 e. The summed E-state index contributed by atoms with van der Waals surface area (Å²) in [4.78, 5) is 22.6. The SMILES string of the molecule is CCCCCC(=O)C[S+]1CCC(=O)CC1. The first-order chi connectivity index (χ1) is 7.22. The van der Waals surface area contributed by atoms with Crippen LogP contribution in [0.2, 0.25) is 0 Å². The fourth-order valence-electron chi connectivity index (χ4n) is 1.76. The van der Waals surface area contributed by atoms with E-state index in [-0.39, 0.29) is 10.9 Å². The summed E-state index contributed by atoms with van der Waals surface area (Å²) in [7, 11) is 0.229. The average Bonchev–Trinajstić information content (AvgIpc) is 2.22. The van der Waals surface area contributed by atoms with Crippen LogP contribution in [0, 0.1) is 0 Å². The molecule has 0 aliphatic carbocycles. The number of ketones is 2. The van der Waals surface area contributed by atoms with Gasteiger partial charge in [-0.3, -0.25) is 9.59 Å². The van der Waals surface area contributed by atoms with Crippen molar-refractivity contribution in [3.05, 3.63) is 0 Å². The number of Topliss-reactive ketones (excluding diaryl/α,β-unsaturated/α-hetero) is 2. The molecule has 0 unspecified atom stereocenters. The molecule has 0 amide bonds. The van der Waals surface area contributed by atoms with E-state index in [9.17, 15) is 9.59 Å². The van der Waals surface area contributed by atoms with Crippen LogP contribution in [0.1, 0.15) is 45.4 Å². The standard InChI is InChI=1S/C12H21O2S/c1-2-3-4-5-12(14)10-15-8-6-11(13)7-9-15/h2-10H2,1H3/q+1. The van der Waals surface area contributed by atoms with Crippen molar-refractivity contribution in [3.8, 4) is 0 Å². The van der Waals surface area contributed by atoms with Crippen LogP contribution in [0.5, 0.6) is 0 Å². The number of carbonyl (C=O) groups is 2. The van der Waals surface area contributed by atoms with Gasteiger partial charge in [-0.05, 0) is 17.3 Å². The molecule has 15 heavy (non-hydrogen) atoms. The lowest BCUT2D eigenvalue weighted by molar-refractivity contribution is -0.119. The zero-order valence-corrected chi connectivity index (χ0v) is 10.4. The van der Waals surface area contributed by atoms with Crippen LogP contribution >= 0.6 is 0 Å². The van der Waals surface area contributed by atoms with Crippen molar-refractivity contribution < 1.29 is 9.59 Å². The summed E-state index contributed by atoms with van der Waals surface area (Å²) < 4.78 is 0. The lowest BCUT2D eigenvalue weighted by Crippen LogP contribution is -2.29. The number of hydrogen-bond acceptors (Lipinski definition) is 2. The molecule has 1 aliphatic heterocycles. The van der Waals surface area contributed by atoms with Crippen LogP contribution in [-0.2, 0) is 20.5 Å². The third kappa shape index (κ3) is 5.36. The molecule has 3 heteroatoms. The summed E-state index contributed by atoms with van der Waals surface area (Å²) in [6.07, 6.45) is 5.57. The molecule has 0 aromatic heterocycles. The first-order valence-electron chi connectivity index (χ1n) is 5.90. The molecular formula is C12H21O2S+. The first-order valence-corrected chi connectivity index (χ1v) is 7.63. The van der Waals surface area contributed by atoms with Gasteiger partial charge < -0.3 is 0 Å². The molecule has 0 aromatic carbocycles. The van der Waals surface area contributed by atoms with Crippen molar-refractivity contribution >= 4 is 22.5 Å². The predicted octanol–water partition coefficient (Wildman–Crippen LogP) is 2.12. The summed E-state index contributed by atoms with van der Waals surface area (Å²) in [6, 6.07) is 0. The fraction of sp³-hybridized carbons (Fsp3) is 0.833. The maximum Gasteiger partial charge on any atom is 0.181 e. The Balaban J connectivity index is 2.12. The fourth-order valence-corrected chi connectivity index (χ4v) is 3.88. The Morgan fingerprint density at radius 1 is 1.27 bits per heavy atom. The lowest BCUT2D eigenvalue weighted by atomic mass is 10.2. The normalized spacial score (nSPS) is 18.1. The van der Waals surface area contributed by atoms with Gasteiger partial charge in [0.1, 0.15) is 17.3 Å². The molecule has 0 atom stereocenters. The summed E-state index contributed by atoms with van der Waals surface area (Å²) in [5, 5.41) is 0. The van der Waals surface area contributed by atoms with E-state index in [1.54, 1.807) is 0 Å². The van der Waals surface area contributed by atoms with Crippen molar-refractivity contribution in [2.75, 3.05) is 17.3 Å². The first kappa shape index (κ1) is 12.8. The van der Waals surface area contributed by atoms with Crippen molar-refractivity contribution in [2.45, 2.75) is 45.4 Å². The van der Waals surface area contributed by atoms with E-state index in [0.29, 0.717) is 24.4 Å². The van der Waals surface area contributed by atoms with Gasteiger partial charge in [0.15, 0.2) is 11.5 Å². The highest BCUT2D eigenvalue weighted by Crippen LogP contribution is 2.12. The predicted molar refractivity (Wildman–Crippen MR) is 65.4 cm³/mol. The summed E-state index contributed by atoms with van der Waals surface area (Å²) >= 11 is 0. The van der Waals surface area contributed by atoms with Crippen LogP contribution in [-0.4, -0.2) is 28.8 Å². The molecule has 1 rings (SSSR count). The highest BCUT2D eigenvalue weighted by Gasteiger charge is 2.28. The molecule has 0 saturated carbocycles. The van der Waals surface area contributed by atoms with E-state index in [1.165, 1.54) is 6.42 Å². The second-order valence-electron chi connectivity index (χ2n) is 4.20. The summed E-state index contributed by atoms with van der Waals surface area (Å²) in [6.45, 7) is 2.15. The van der Waals surface area contributed by atoms with E-state index < -0.39 is 0 Å². The molecule has 86 valence electrons. The van der Waals surface area contributed by atoms with Crippen LogP contribution in [0.15, 0.2) is 0 Å². The van der Waals surface area contributed by atoms with Gasteiger partial charge in [-0.1, -0.05) is 19.8 Å². The summed E-state index contributed by atoms with van der Waals surface area (Å²) in [5.41, 5.74) is 0. The van der Waals surface area contributed by atoms with Crippen molar-refractivity contribution in [2.24, 2.45) is 0 Å². The van der Waals surface area contributed by atoms with E-state index in [2.05, 4.69) is 6.92 Å². The van der Waals surface area contributed by atoms with E-state index in [4.69, 9.17) is 0 Å². The van der Waals surface area contributed by atoms with E-state index in [1.807, 2.05) is 0 Å². The van der Waals surface area contributed by atoms with Gasteiger partial charge in [-0.2, -0.15) is 0 Å². The summed E-state index contributed by atoms with van der Waals surface area (Å²) in [5.74, 6) is 3.49. The molecule has 0 aromatic rings. The maximum atomic E-state index is 11.6. The van der Waals surface area contributed by atoms with Crippen LogP contribution in [0.4, 0.5) is 0 Å². The van der Waals surface area contributed by atoms with Crippen molar-refractivity contribution in [3.63, 3.8) is 0 Å². The zero-order chi connectivity index (χ0) is 11.1. The van der Waals surface area contributed by atoms with Crippen molar-refractivity contribution in [1.29, 1.82) is 0 Å². The second-order valence-corrected chi connectivity index (χ2v) is 6.53. The number of rotatable bonds is 6. The maximum absolute atomic E-state index is 11.6. The van der Waals surface area contributed by atoms with Gasteiger partial charge in [-0.15, -0.1) is 0 Å². The van der Waals surface area contributed by atoms with Crippen molar-refractivity contribution in [1.82, 2.24) is 0 Å². The van der Waals surface area contributed by atoms with Gasteiger partial charge >= 0.3 is 0 Å². The van der Waals surface area contributed by atoms with Gasteiger partial charge in [0.2, 0.25) is 0 Å². The molecule has 1 heterocycles. The minimum absolute atomic E-state index is 0.229. The van der Waals surface area contributed by atoms with E-state index >= 15 is 0 Å². The van der Waals surface area contributed by atoms with Gasteiger partial charge in [0.25, 0.3) is 0 Å². The molecule has 1 aliphatic rings. The largest absolute Gasteiger partial charge is 0.299 e. The Morgan fingerprint density at radius 2 is 1.93 bits per heavy atom. The van der Waals surface area contributed by atoms with Gasteiger partial charge in [0, 0.05) is 6.42 Å². The molecule has 2 nitrogen and oxygen atoms in total. The highest BCUT2D eigenvalue weighted by molar-refractivity contribution is 7.97. The average molecular weight is 229 g/mol. The molecule has 0 bridgehead atoms. The molecule has 0 spiro atoms. The van der Waals surface area contributed by atoms with Crippen LogP contribution in [0.25, 0.3) is 0 Å². The van der Waals surface area contributed by atoms with Crippen LogP contribution in [0.3, 0.4) is 0 Å². The number of unbranched alkanes of at least 4 members (excludes halogenated alkanes) is 2. The Hall–Kier alpha value is -0.310. The van der Waals surface area contributed by atoms with Gasteiger partial charge in [-0.25, -0.2) is 0 Å². The highest BCUT2D eigenvalue weighted by atomic mass is 32.2. The molecule has 0 N–H and O–H groups in total. The van der Waals surface area contributed by atoms with E-state index in [0.717, 1.165) is 36.5 Å². The minimum atomic E-state index is 0.229. The second kappa shape index (κ2) is 7.04. The number of hydrogen-bond donors (Lipinski definition) is 0. The third-order valence-corrected chi connectivity index (χ3v) is 5.06. The molecular weight excluding hydrogens is 208 g/mol. The molecule has 1 fully saturated rings. The Kier molecular flexibility index (Phi) is 5.99. The molecule has 0 radical (unpaired) electrons. The topological polar surface area (TPSA) is 34.1 Å². The quantitative estimate of drug-likeness (QED) is 0.516.